The van der Waals surface area contributed by atoms with E-state index in [2.05, 4.69) is 26.5 Å². The molecule has 7 nitrogen and oxygen atoms in total. The van der Waals surface area contributed by atoms with Crippen molar-refractivity contribution in [3.05, 3.63) is 71.8 Å². The number of thioether (sulfide) groups is 1. The molecule has 1 aliphatic heterocycles. The highest BCUT2D eigenvalue weighted by Crippen LogP contribution is 2.39. The van der Waals surface area contributed by atoms with Crippen molar-refractivity contribution in [2.24, 2.45) is 4.99 Å². The third-order valence-electron chi connectivity index (χ3n) is 4.88. The van der Waals surface area contributed by atoms with Gasteiger partial charge in [0.2, 0.25) is 0 Å². The lowest BCUT2D eigenvalue weighted by Gasteiger charge is -2.24. The fourth-order valence-electron chi connectivity index (χ4n) is 3.27. The molecule has 2 aliphatic rings. The van der Waals surface area contributed by atoms with Gasteiger partial charge in [0.15, 0.2) is 5.04 Å². The minimum absolute atomic E-state index is 0.0201. The molecule has 1 amide bonds. The minimum Gasteiger partial charge on any atom is -0.494 e. The van der Waals surface area contributed by atoms with E-state index in [0.29, 0.717) is 18.2 Å². The number of amides is 1. The van der Waals surface area contributed by atoms with Crippen molar-refractivity contribution >= 4 is 28.3 Å². The van der Waals surface area contributed by atoms with Gasteiger partial charge < -0.3 is 15.0 Å². The molecule has 0 spiro atoms. The average Bonchev–Trinajstić information content (AvgIpc) is 3.42. The number of nitrogens with one attached hydrogen (secondary N) is 2. The van der Waals surface area contributed by atoms with Gasteiger partial charge in [-0.15, -0.1) is 0 Å². The average molecular weight is 424 g/mol. The number of carbonyl (C=O) groups excluding carboxylic acids is 1. The zero-order valence-corrected chi connectivity index (χ0v) is 17.9. The normalized spacial score (nSPS) is 20.3. The first-order valence-corrected chi connectivity index (χ1v) is 10.7. The SMILES string of the molecule is CN(C)CCOC1=CC(c2cn[nH]c2)=CC2SC(C(=O)NCc3ccccc3)=NC12. The van der Waals surface area contributed by atoms with Crippen LogP contribution in [0.15, 0.2) is 65.6 Å². The summed E-state index contributed by atoms with van der Waals surface area (Å²) < 4.78 is 6.09. The topological polar surface area (TPSA) is 82.6 Å². The number of carbonyl (C=O) groups is 1. The monoisotopic (exact) mass is 423 g/mol. The Morgan fingerprint density at radius 3 is 2.87 bits per heavy atom. The second kappa shape index (κ2) is 9.32. The Morgan fingerprint density at radius 1 is 1.30 bits per heavy atom. The van der Waals surface area contributed by atoms with Gasteiger partial charge in [-0.1, -0.05) is 48.2 Å². The Kier molecular flexibility index (Phi) is 6.35. The van der Waals surface area contributed by atoms with Gasteiger partial charge in [0.1, 0.15) is 18.4 Å². The second-order valence-corrected chi connectivity index (χ2v) is 8.60. The lowest BCUT2D eigenvalue weighted by molar-refractivity contribution is -0.114. The maximum absolute atomic E-state index is 12.7. The number of fused-ring (bicyclic) bond motifs is 1. The molecule has 1 aromatic carbocycles. The number of H-pyrrole nitrogens is 1. The molecular formula is C22H25N5O2S. The summed E-state index contributed by atoms with van der Waals surface area (Å²) in [6.07, 6.45) is 7.79. The molecule has 1 aromatic heterocycles. The van der Waals surface area contributed by atoms with Crippen LogP contribution >= 0.6 is 11.8 Å². The van der Waals surface area contributed by atoms with Crippen LogP contribution in [0.25, 0.3) is 5.57 Å². The van der Waals surface area contributed by atoms with E-state index < -0.39 is 0 Å². The third-order valence-corrected chi connectivity index (χ3v) is 6.06. The number of rotatable bonds is 8. The van der Waals surface area contributed by atoms with Gasteiger partial charge in [-0.05, 0) is 31.3 Å². The van der Waals surface area contributed by atoms with E-state index in [1.165, 1.54) is 11.8 Å². The molecule has 30 heavy (non-hydrogen) atoms. The second-order valence-electron chi connectivity index (χ2n) is 7.44. The standard InChI is InChI=1S/C22H25N5O2S/c1-27(2)8-9-29-18-10-16(17-13-24-25-14-17)11-19-20(18)26-22(30-19)21(28)23-12-15-6-4-3-5-7-15/h3-7,10-11,13-14,19-20H,8-9,12H2,1-2H3,(H,23,28)(H,24,25). The van der Waals surface area contributed by atoms with Crippen molar-refractivity contribution in [3.8, 4) is 0 Å². The lowest BCUT2D eigenvalue weighted by atomic mass is 9.97. The van der Waals surface area contributed by atoms with Crippen LogP contribution in [0.2, 0.25) is 0 Å². The smallest absolute Gasteiger partial charge is 0.276 e. The molecule has 156 valence electrons. The van der Waals surface area contributed by atoms with E-state index in [0.717, 1.165) is 29.0 Å². The predicted octanol–water partition coefficient (Wildman–Crippen LogP) is 2.47. The third kappa shape index (κ3) is 4.83. The maximum atomic E-state index is 12.7. The number of likely N-dealkylation sites (N-methyl/N-ethyl adjacent to an activating group) is 1. The number of ether oxygens (including phenoxy) is 1. The molecule has 2 unspecified atom stereocenters. The molecule has 4 rings (SSSR count). The first-order valence-electron chi connectivity index (χ1n) is 9.87. The van der Waals surface area contributed by atoms with Gasteiger partial charge in [-0.25, -0.2) is 0 Å². The van der Waals surface area contributed by atoms with Gasteiger partial charge >= 0.3 is 0 Å². The number of nitrogens with zero attached hydrogens (tertiary/aromatic N) is 3. The largest absolute Gasteiger partial charge is 0.494 e. The Morgan fingerprint density at radius 2 is 2.13 bits per heavy atom. The molecule has 2 heterocycles. The molecule has 0 fully saturated rings. The number of aromatic nitrogens is 2. The Bertz CT molecular complexity index is 967. The van der Waals surface area contributed by atoms with E-state index >= 15 is 0 Å². The van der Waals surface area contributed by atoms with Gasteiger partial charge in [-0.3, -0.25) is 14.9 Å². The number of aliphatic imine (C=N–C) groups is 1. The highest BCUT2D eigenvalue weighted by molar-refractivity contribution is 8.16. The summed E-state index contributed by atoms with van der Waals surface area (Å²) >= 11 is 1.48. The van der Waals surface area contributed by atoms with Crippen LogP contribution in [0, 0.1) is 0 Å². The van der Waals surface area contributed by atoms with Crippen LogP contribution < -0.4 is 5.32 Å². The van der Waals surface area contributed by atoms with Crippen molar-refractivity contribution in [2.45, 2.75) is 17.8 Å². The summed E-state index contributed by atoms with van der Waals surface area (Å²) in [6, 6.07) is 9.67. The van der Waals surface area contributed by atoms with Gasteiger partial charge in [0, 0.05) is 24.8 Å². The van der Waals surface area contributed by atoms with Gasteiger partial charge in [0.05, 0.1) is 11.4 Å². The fourth-order valence-corrected chi connectivity index (χ4v) is 4.42. The minimum atomic E-state index is -0.190. The summed E-state index contributed by atoms with van der Waals surface area (Å²) in [5, 5.41) is 10.4. The van der Waals surface area contributed by atoms with Crippen molar-refractivity contribution in [2.75, 3.05) is 27.2 Å². The number of benzene rings is 1. The molecule has 0 saturated heterocycles. The van der Waals surface area contributed by atoms with E-state index in [-0.39, 0.29) is 17.2 Å². The van der Waals surface area contributed by atoms with Crippen LogP contribution in [0.3, 0.4) is 0 Å². The summed E-state index contributed by atoms with van der Waals surface area (Å²) in [5.74, 6) is 0.642. The molecule has 1 aliphatic carbocycles. The first-order chi connectivity index (χ1) is 14.6. The molecule has 0 bridgehead atoms. The van der Waals surface area contributed by atoms with Crippen LogP contribution in [-0.2, 0) is 16.1 Å². The highest BCUT2D eigenvalue weighted by atomic mass is 32.2. The molecule has 0 radical (unpaired) electrons. The summed E-state index contributed by atoms with van der Waals surface area (Å²) in [6.45, 7) is 1.85. The lowest BCUT2D eigenvalue weighted by Crippen LogP contribution is -2.28. The van der Waals surface area contributed by atoms with E-state index in [9.17, 15) is 4.79 Å². The van der Waals surface area contributed by atoms with Crippen LogP contribution in [0.4, 0.5) is 0 Å². The van der Waals surface area contributed by atoms with Crippen molar-refractivity contribution < 1.29 is 9.53 Å². The van der Waals surface area contributed by atoms with Crippen LogP contribution in [0.5, 0.6) is 0 Å². The number of hydrogen-bond acceptors (Lipinski definition) is 6. The van der Waals surface area contributed by atoms with E-state index in [4.69, 9.17) is 9.73 Å². The predicted molar refractivity (Wildman–Crippen MR) is 120 cm³/mol. The van der Waals surface area contributed by atoms with E-state index in [1.807, 2.05) is 56.7 Å². The summed E-state index contributed by atoms with van der Waals surface area (Å²) in [4.78, 5) is 19.5. The van der Waals surface area contributed by atoms with Crippen molar-refractivity contribution in [1.29, 1.82) is 0 Å². The quantitative estimate of drug-likeness (QED) is 0.682. The zero-order chi connectivity index (χ0) is 20.9. The van der Waals surface area contributed by atoms with Crippen molar-refractivity contribution in [3.63, 3.8) is 0 Å². The summed E-state index contributed by atoms with van der Waals surface area (Å²) in [5.41, 5.74) is 3.07. The maximum Gasteiger partial charge on any atom is 0.276 e. The molecule has 8 heteroatoms. The van der Waals surface area contributed by atoms with Crippen LogP contribution in [0.1, 0.15) is 11.1 Å². The van der Waals surface area contributed by atoms with E-state index in [1.54, 1.807) is 6.20 Å². The molecule has 2 aromatic rings. The number of aromatic amines is 1. The van der Waals surface area contributed by atoms with Gasteiger partial charge in [-0.2, -0.15) is 5.10 Å². The summed E-state index contributed by atoms with van der Waals surface area (Å²) in [7, 11) is 4.02. The number of allylic oxidation sites excluding steroid dienone is 2. The zero-order valence-electron chi connectivity index (χ0n) is 17.0. The molecular weight excluding hydrogens is 398 g/mol. The fraction of sp³-hybridized carbons (Fsp3) is 0.318. The molecule has 0 saturated carbocycles. The van der Waals surface area contributed by atoms with Crippen molar-refractivity contribution in [1.82, 2.24) is 20.4 Å². The first kappa shape index (κ1) is 20.4. The van der Waals surface area contributed by atoms with Gasteiger partial charge in [0.25, 0.3) is 5.91 Å². The molecule has 2 atom stereocenters. The molecule has 2 N–H and O–H groups in total. The Balaban J connectivity index is 1.48. The highest BCUT2D eigenvalue weighted by Gasteiger charge is 2.38. The van der Waals surface area contributed by atoms with Crippen LogP contribution in [-0.4, -0.2) is 64.6 Å². The number of hydrogen-bond donors (Lipinski definition) is 2. The Labute approximate surface area is 180 Å². The Hall–Kier alpha value is -2.84.